The monoisotopic (exact) mass is 334 g/mol. The van der Waals surface area contributed by atoms with Crippen molar-refractivity contribution in [2.45, 2.75) is 52.0 Å². The SMILES string of the molecule is CCCn1ncc(NC(=O)N2CC(C)CC(C(=O)O)C2)c1C1CC1. The molecule has 2 aliphatic rings. The Hall–Kier alpha value is -2.05. The van der Waals surface area contributed by atoms with E-state index in [4.69, 9.17) is 0 Å². The van der Waals surface area contributed by atoms with E-state index in [9.17, 15) is 14.7 Å². The van der Waals surface area contributed by atoms with Crippen molar-refractivity contribution in [2.75, 3.05) is 18.4 Å². The Bertz CT molecular complexity index is 623. The summed E-state index contributed by atoms with van der Waals surface area (Å²) in [6, 6.07) is -0.217. The molecule has 1 aliphatic carbocycles. The van der Waals surface area contributed by atoms with Crippen LogP contribution in [-0.2, 0) is 11.3 Å². The number of urea groups is 1. The van der Waals surface area contributed by atoms with Gasteiger partial charge in [0.1, 0.15) is 0 Å². The van der Waals surface area contributed by atoms with Gasteiger partial charge in [-0.25, -0.2) is 4.79 Å². The third-order valence-corrected chi connectivity index (χ3v) is 4.82. The minimum Gasteiger partial charge on any atom is -0.481 e. The molecule has 1 aromatic rings. The zero-order chi connectivity index (χ0) is 17.3. The Balaban J connectivity index is 1.71. The lowest BCUT2D eigenvalue weighted by Gasteiger charge is -2.34. The van der Waals surface area contributed by atoms with Crippen LogP contribution in [0.25, 0.3) is 0 Å². The van der Waals surface area contributed by atoms with Gasteiger partial charge in [0.15, 0.2) is 0 Å². The second-order valence-electron chi connectivity index (χ2n) is 7.15. The number of carbonyl (C=O) groups excluding carboxylic acids is 1. The number of aryl methyl sites for hydroxylation is 1. The smallest absolute Gasteiger partial charge is 0.321 e. The van der Waals surface area contributed by atoms with Gasteiger partial charge in [0.05, 0.1) is 23.5 Å². The summed E-state index contributed by atoms with van der Waals surface area (Å²) in [4.78, 5) is 25.5. The van der Waals surface area contributed by atoms with Crippen LogP contribution in [0.1, 0.15) is 51.1 Å². The van der Waals surface area contributed by atoms with Crippen LogP contribution in [-0.4, -0.2) is 44.9 Å². The van der Waals surface area contributed by atoms with Crippen molar-refractivity contribution >= 4 is 17.7 Å². The van der Waals surface area contributed by atoms with Gasteiger partial charge in [0, 0.05) is 25.6 Å². The van der Waals surface area contributed by atoms with E-state index in [-0.39, 0.29) is 18.5 Å². The molecule has 1 saturated carbocycles. The molecule has 1 saturated heterocycles. The lowest BCUT2D eigenvalue weighted by molar-refractivity contribution is -0.143. The number of aromatic nitrogens is 2. The second kappa shape index (κ2) is 6.83. The number of rotatable bonds is 5. The number of carboxylic acid groups (broad SMARTS) is 1. The highest BCUT2D eigenvalue weighted by Gasteiger charge is 2.34. The van der Waals surface area contributed by atoms with E-state index in [1.807, 2.05) is 11.6 Å². The number of carboxylic acids is 1. The van der Waals surface area contributed by atoms with Gasteiger partial charge < -0.3 is 15.3 Å². The number of hydrogen-bond donors (Lipinski definition) is 2. The van der Waals surface area contributed by atoms with Gasteiger partial charge in [-0.1, -0.05) is 13.8 Å². The third kappa shape index (κ3) is 3.55. The first kappa shape index (κ1) is 16.8. The predicted molar refractivity (Wildman–Crippen MR) is 90.0 cm³/mol. The zero-order valence-electron chi connectivity index (χ0n) is 14.4. The van der Waals surface area contributed by atoms with Gasteiger partial charge in [-0.15, -0.1) is 0 Å². The number of nitrogens with one attached hydrogen (secondary N) is 1. The van der Waals surface area contributed by atoms with Gasteiger partial charge in [0.2, 0.25) is 0 Å². The lowest BCUT2D eigenvalue weighted by Crippen LogP contribution is -2.47. The second-order valence-corrected chi connectivity index (χ2v) is 7.15. The van der Waals surface area contributed by atoms with Crippen molar-refractivity contribution in [2.24, 2.45) is 11.8 Å². The normalized spacial score (nSPS) is 24.0. The summed E-state index contributed by atoms with van der Waals surface area (Å²) in [6.45, 7) is 5.82. The van der Waals surface area contributed by atoms with Crippen molar-refractivity contribution < 1.29 is 14.7 Å². The first-order chi connectivity index (χ1) is 11.5. The topological polar surface area (TPSA) is 87.5 Å². The third-order valence-electron chi connectivity index (χ3n) is 4.82. The maximum Gasteiger partial charge on any atom is 0.321 e. The number of hydrogen-bond acceptors (Lipinski definition) is 3. The number of anilines is 1. The van der Waals surface area contributed by atoms with Crippen LogP contribution in [0.3, 0.4) is 0 Å². The van der Waals surface area contributed by atoms with Crippen LogP contribution in [0.4, 0.5) is 10.5 Å². The fraction of sp³-hybridized carbons (Fsp3) is 0.706. The molecule has 0 radical (unpaired) electrons. The van der Waals surface area contributed by atoms with Gasteiger partial charge >= 0.3 is 12.0 Å². The zero-order valence-corrected chi connectivity index (χ0v) is 14.4. The number of amides is 2. The maximum absolute atomic E-state index is 12.6. The Morgan fingerprint density at radius 1 is 1.38 bits per heavy atom. The fourth-order valence-corrected chi connectivity index (χ4v) is 3.56. The molecule has 2 heterocycles. The summed E-state index contributed by atoms with van der Waals surface area (Å²) >= 11 is 0. The highest BCUT2D eigenvalue weighted by molar-refractivity contribution is 5.90. The summed E-state index contributed by atoms with van der Waals surface area (Å²) < 4.78 is 1.99. The number of likely N-dealkylation sites (tertiary alicyclic amines) is 1. The molecular formula is C17H26N4O3. The summed E-state index contributed by atoms with van der Waals surface area (Å²) in [5.74, 6) is -0.628. The summed E-state index contributed by atoms with van der Waals surface area (Å²) in [6.07, 6.45) is 5.63. The predicted octanol–water partition coefficient (Wildman–Crippen LogP) is 2.75. The largest absolute Gasteiger partial charge is 0.481 e. The van der Waals surface area contributed by atoms with Crippen LogP contribution in [0.2, 0.25) is 0 Å². The highest BCUT2D eigenvalue weighted by atomic mass is 16.4. The molecule has 24 heavy (non-hydrogen) atoms. The molecule has 1 aliphatic heterocycles. The number of aliphatic carboxylic acids is 1. The molecule has 7 nitrogen and oxygen atoms in total. The molecule has 2 atom stereocenters. The molecule has 0 aromatic carbocycles. The molecule has 3 rings (SSSR count). The highest BCUT2D eigenvalue weighted by Crippen LogP contribution is 2.43. The van der Waals surface area contributed by atoms with Crippen molar-refractivity contribution in [1.82, 2.24) is 14.7 Å². The molecule has 2 fully saturated rings. The van der Waals surface area contributed by atoms with Crippen LogP contribution in [0.5, 0.6) is 0 Å². The summed E-state index contributed by atoms with van der Waals surface area (Å²) in [5.41, 5.74) is 1.89. The van der Waals surface area contributed by atoms with Gasteiger partial charge in [0.25, 0.3) is 0 Å². The van der Waals surface area contributed by atoms with E-state index in [0.29, 0.717) is 18.9 Å². The Morgan fingerprint density at radius 3 is 2.75 bits per heavy atom. The average molecular weight is 334 g/mol. The fourth-order valence-electron chi connectivity index (χ4n) is 3.56. The first-order valence-corrected chi connectivity index (χ1v) is 8.84. The van der Waals surface area contributed by atoms with Gasteiger partial charge in [-0.2, -0.15) is 5.10 Å². The Kier molecular flexibility index (Phi) is 4.78. The van der Waals surface area contributed by atoms with Crippen molar-refractivity contribution in [1.29, 1.82) is 0 Å². The van der Waals surface area contributed by atoms with Gasteiger partial charge in [-0.3, -0.25) is 9.48 Å². The Morgan fingerprint density at radius 2 is 2.12 bits per heavy atom. The molecule has 2 amide bonds. The molecule has 1 aromatic heterocycles. The molecule has 2 N–H and O–H groups in total. The van der Waals surface area contributed by atoms with Crippen LogP contribution >= 0.6 is 0 Å². The molecule has 7 heteroatoms. The minimum atomic E-state index is -0.825. The molecule has 0 bridgehead atoms. The minimum absolute atomic E-state index is 0.191. The molecular weight excluding hydrogens is 308 g/mol. The van der Waals surface area contributed by atoms with Crippen LogP contribution in [0.15, 0.2) is 6.20 Å². The van der Waals surface area contributed by atoms with Crippen molar-refractivity contribution in [3.8, 4) is 0 Å². The van der Waals surface area contributed by atoms with E-state index < -0.39 is 11.9 Å². The number of nitrogens with zero attached hydrogens (tertiary/aromatic N) is 3. The van der Waals surface area contributed by atoms with E-state index in [0.717, 1.165) is 37.2 Å². The standard InChI is InChI=1S/C17H26N4O3/c1-3-6-21-15(12-4-5-12)14(8-18-21)19-17(24)20-9-11(2)7-13(10-20)16(22)23/h8,11-13H,3-7,9-10H2,1-2H3,(H,19,24)(H,22,23). The first-order valence-electron chi connectivity index (χ1n) is 8.84. The van der Waals surface area contributed by atoms with E-state index in [1.165, 1.54) is 0 Å². The maximum atomic E-state index is 12.6. The van der Waals surface area contributed by atoms with Crippen molar-refractivity contribution in [3.05, 3.63) is 11.9 Å². The average Bonchev–Trinajstić information content (AvgIpc) is 3.30. The van der Waals surface area contributed by atoms with E-state index >= 15 is 0 Å². The van der Waals surface area contributed by atoms with Crippen molar-refractivity contribution in [3.63, 3.8) is 0 Å². The van der Waals surface area contributed by atoms with E-state index in [2.05, 4.69) is 17.3 Å². The summed E-state index contributed by atoms with van der Waals surface area (Å²) in [7, 11) is 0. The number of carbonyl (C=O) groups is 2. The van der Waals surface area contributed by atoms with Crippen LogP contribution in [0, 0.1) is 11.8 Å². The number of piperidine rings is 1. The lowest BCUT2D eigenvalue weighted by atomic mass is 9.91. The Labute approximate surface area is 142 Å². The molecule has 132 valence electrons. The quantitative estimate of drug-likeness (QED) is 0.867. The summed E-state index contributed by atoms with van der Waals surface area (Å²) in [5, 5.41) is 16.6. The van der Waals surface area contributed by atoms with Gasteiger partial charge in [-0.05, 0) is 31.6 Å². The molecule has 0 spiro atoms. The van der Waals surface area contributed by atoms with E-state index in [1.54, 1.807) is 11.1 Å². The molecule has 2 unspecified atom stereocenters. The van der Waals surface area contributed by atoms with Crippen LogP contribution < -0.4 is 5.32 Å².